The summed E-state index contributed by atoms with van der Waals surface area (Å²) < 4.78 is 34.3. The number of nitrogens with one attached hydrogen (secondary N) is 1. The van der Waals surface area contributed by atoms with Crippen LogP contribution in [0.2, 0.25) is 0 Å². The largest absolute Gasteiger partial charge is 0.490 e. The van der Waals surface area contributed by atoms with E-state index in [9.17, 15) is 13.6 Å². The number of hydrogen-bond donors (Lipinski definition) is 1. The van der Waals surface area contributed by atoms with Gasteiger partial charge in [-0.1, -0.05) is 0 Å². The molecule has 0 bridgehead atoms. The van der Waals surface area contributed by atoms with Crippen molar-refractivity contribution in [3.63, 3.8) is 0 Å². The van der Waals surface area contributed by atoms with Gasteiger partial charge < -0.3 is 10.1 Å². The molecule has 0 saturated heterocycles. The van der Waals surface area contributed by atoms with Crippen LogP contribution in [0.15, 0.2) is 18.3 Å². The van der Waals surface area contributed by atoms with Gasteiger partial charge in [0.15, 0.2) is 0 Å². The smallest absolute Gasteiger partial charge is 0.249 e. The first-order chi connectivity index (χ1) is 12.8. The third kappa shape index (κ3) is 2.78. The molecule has 1 N–H and O–H groups in total. The van der Waals surface area contributed by atoms with Gasteiger partial charge in [0.2, 0.25) is 11.8 Å². The molecule has 27 heavy (non-hydrogen) atoms. The van der Waals surface area contributed by atoms with Crippen LogP contribution < -0.4 is 10.1 Å². The summed E-state index contributed by atoms with van der Waals surface area (Å²) in [5.41, 5.74) is 1.75. The number of fused-ring (bicyclic) bond motifs is 1. The van der Waals surface area contributed by atoms with Crippen molar-refractivity contribution in [2.45, 2.75) is 50.0 Å². The summed E-state index contributed by atoms with van der Waals surface area (Å²) in [6.07, 6.45) is 4.16. The molecular formula is C20H23F2N3O2. The molecule has 2 atom stereocenters. The number of benzene rings is 1. The van der Waals surface area contributed by atoms with E-state index in [1.165, 1.54) is 0 Å². The van der Waals surface area contributed by atoms with Crippen molar-refractivity contribution in [3.05, 3.63) is 23.9 Å². The Kier molecular flexibility index (Phi) is 3.41. The molecule has 5 nitrogen and oxygen atoms in total. The van der Waals surface area contributed by atoms with Crippen LogP contribution in [0.1, 0.15) is 43.6 Å². The second-order valence-electron chi connectivity index (χ2n) is 8.67. The van der Waals surface area contributed by atoms with E-state index in [0.29, 0.717) is 12.8 Å². The predicted molar refractivity (Wildman–Crippen MR) is 95.9 cm³/mol. The number of aromatic nitrogens is 2. The van der Waals surface area contributed by atoms with Gasteiger partial charge in [-0.3, -0.25) is 9.48 Å². The van der Waals surface area contributed by atoms with Gasteiger partial charge in [-0.2, -0.15) is 5.10 Å². The molecule has 1 aromatic carbocycles. The van der Waals surface area contributed by atoms with Crippen LogP contribution in [0.4, 0.5) is 8.78 Å². The monoisotopic (exact) mass is 375 g/mol. The highest BCUT2D eigenvalue weighted by Crippen LogP contribution is 2.63. The molecular weight excluding hydrogens is 352 g/mol. The zero-order valence-corrected chi connectivity index (χ0v) is 15.5. The van der Waals surface area contributed by atoms with Crippen LogP contribution in [0.25, 0.3) is 10.9 Å². The maximum absolute atomic E-state index is 13.2. The van der Waals surface area contributed by atoms with E-state index in [0.717, 1.165) is 28.6 Å². The van der Waals surface area contributed by atoms with E-state index in [1.807, 2.05) is 25.4 Å². The molecule has 1 heterocycles. The number of hydrogen-bond acceptors (Lipinski definition) is 3. The SMILES string of the molecule is CNC(=O)[C@@H]1C[C@H]1c1cc(OC2CC3(C2)CC(F)(F)C3)cc2cn(C)nc12. The highest BCUT2D eigenvalue weighted by atomic mass is 19.3. The molecule has 144 valence electrons. The van der Waals surface area contributed by atoms with E-state index < -0.39 is 5.92 Å². The number of rotatable bonds is 4. The van der Waals surface area contributed by atoms with Gasteiger partial charge >= 0.3 is 0 Å². The van der Waals surface area contributed by atoms with Crippen LogP contribution in [-0.4, -0.2) is 34.8 Å². The molecule has 3 aliphatic rings. The maximum atomic E-state index is 13.2. The van der Waals surface area contributed by atoms with Crippen molar-refractivity contribution in [3.8, 4) is 5.75 Å². The van der Waals surface area contributed by atoms with Gasteiger partial charge in [-0.05, 0) is 48.3 Å². The molecule has 1 aromatic heterocycles. The van der Waals surface area contributed by atoms with Crippen molar-refractivity contribution in [2.75, 3.05) is 7.05 Å². The predicted octanol–water partition coefficient (Wildman–Crippen LogP) is 3.38. The van der Waals surface area contributed by atoms with Gasteiger partial charge in [-0.25, -0.2) is 8.78 Å². The molecule has 1 amide bonds. The van der Waals surface area contributed by atoms with Crippen LogP contribution in [0.5, 0.6) is 5.75 Å². The zero-order valence-electron chi connectivity index (χ0n) is 15.5. The minimum atomic E-state index is -2.48. The first-order valence-electron chi connectivity index (χ1n) is 9.51. The number of ether oxygens (including phenoxy) is 1. The quantitative estimate of drug-likeness (QED) is 0.891. The fourth-order valence-electron chi connectivity index (χ4n) is 5.13. The molecule has 7 heteroatoms. The normalized spacial score (nSPS) is 27.9. The number of nitrogens with zero attached hydrogens (tertiary/aromatic N) is 2. The number of carbonyl (C=O) groups excluding carboxylic acids is 1. The number of amides is 1. The zero-order chi connectivity index (χ0) is 19.0. The number of carbonyl (C=O) groups is 1. The van der Waals surface area contributed by atoms with E-state index in [1.54, 1.807) is 11.7 Å². The molecule has 3 aliphatic carbocycles. The molecule has 0 radical (unpaired) electrons. The van der Waals surface area contributed by atoms with E-state index in [2.05, 4.69) is 10.4 Å². The highest BCUT2D eigenvalue weighted by Gasteiger charge is 2.62. The fraction of sp³-hybridized carbons (Fsp3) is 0.600. The second kappa shape index (κ2) is 5.42. The van der Waals surface area contributed by atoms with E-state index in [-0.39, 0.29) is 42.1 Å². The molecule has 2 aromatic rings. The Morgan fingerprint density at radius 3 is 2.74 bits per heavy atom. The van der Waals surface area contributed by atoms with Crippen LogP contribution in [0.3, 0.4) is 0 Å². The van der Waals surface area contributed by atoms with Crippen LogP contribution >= 0.6 is 0 Å². The Hall–Kier alpha value is -2.18. The summed E-state index contributed by atoms with van der Waals surface area (Å²) in [4.78, 5) is 12.0. The molecule has 0 aliphatic heterocycles. The van der Waals surface area contributed by atoms with Crippen molar-refractivity contribution in [2.24, 2.45) is 18.4 Å². The lowest BCUT2D eigenvalue weighted by atomic mass is 9.53. The lowest BCUT2D eigenvalue weighted by molar-refractivity contribution is -0.214. The van der Waals surface area contributed by atoms with Crippen LogP contribution in [-0.2, 0) is 11.8 Å². The number of halogens is 2. The summed E-state index contributed by atoms with van der Waals surface area (Å²) in [6.45, 7) is 0. The van der Waals surface area contributed by atoms with Gasteiger partial charge in [-0.15, -0.1) is 0 Å². The minimum Gasteiger partial charge on any atom is -0.490 e. The molecule has 5 rings (SSSR count). The first-order valence-corrected chi connectivity index (χ1v) is 9.51. The molecule has 0 unspecified atom stereocenters. The van der Waals surface area contributed by atoms with Crippen molar-refractivity contribution in [1.29, 1.82) is 0 Å². The van der Waals surface area contributed by atoms with Crippen molar-refractivity contribution in [1.82, 2.24) is 15.1 Å². The topological polar surface area (TPSA) is 56.1 Å². The van der Waals surface area contributed by atoms with Crippen molar-refractivity contribution >= 4 is 16.8 Å². The van der Waals surface area contributed by atoms with Crippen LogP contribution in [0, 0.1) is 11.3 Å². The van der Waals surface area contributed by atoms with E-state index in [4.69, 9.17) is 4.74 Å². The van der Waals surface area contributed by atoms with E-state index >= 15 is 0 Å². The van der Waals surface area contributed by atoms with Gasteiger partial charge in [0.05, 0.1) is 11.6 Å². The Morgan fingerprint density at radius 1 is 1.33 bits per heavy atom. The standard InChI is InChI=1S/C20H23F2N3O2/c1-23-18(26)16-5-14(16)15-4-12(3-11-8-25(2)24-17(11)15)27-13-6-19(7-13)9-20(21,22)10-19/h3-4,8,13-14,16H,5-7,9-10H2,1-2H3,(H,23,26)/t14-,16+/m0/s1. The van der Waals surface area contributed by atoms with Gasteiger partial charge in [0.1, 0.15) is 5.75 Å². The Balaban J connectivity index is 1.36. The molecule has 3 fully saturated rings. The summed E-state index contributed by atoms with van der Waals surface area (Å²) in [5.74, 6) is -1.53. The van der Waals surface area contributed by atoms with Crippen molar-refractivity contribution < 1.29 is 18.3 Å². The third-order valence-corrected chi connectivity index (χ3v) is 6.39. The second-order valence-corrected chi connectivity index (χ2v) is 8.67. The summed E-state index contributed by atoms with van der Waals surface area (Å²) in [6, 6.07) is 3.95. The average Bonchev–Trinajstić information content (AvgIpc) is 3.25. The Bertz CT molecular complexity index is 923. The Morgan fingerprint density at radius 2 is 2.07 bits per heavy atom. The third-order valence-electron chi connectivity index (χ3n) is 6.39. The minimum absolute atomic E-state index is 0.00261. The average molecular weight is 375 g/mol. The summed E-state index contributed by atoms with van der Waals surface area (Å²) in [7, 11) is 3.53. The highest BCUT2D eigenvalue weighted by molar-refractivity contribution is 5.88. The van der Waals surface area contributed by atoms with Gasteiger partial charge in [0, 0.05) is 44.4 Å². The molecule has 1 spiro atoms. The lowest BCUT2D eigenvalue weighted by Gasteiger charge is -2.56. The maximum Gasteiger partial charge on any atom is 0.249 e. The summed E-state index contributed by atoms with van der Waals surface area (Å²) >= 11 is 0. The lowest BCUT2D eigenvalue weighted by Crippen LogP contribution is -2.56. The molecule has 3 saturated carbocycles. The summed E-state index contributed by atoms with van der Waals surface area (Å²) in [5, 5.41) is 8.26. The number of aryl methyl sites for hydroxylation is 1. The number of alkyl halides is 2. The Labute approximate surface area is 156 Å². The first kappa shape index (κ1) is 17.0. The fourth-order valence-corrected chi connectivity index (χ4v) is 5.13. The van der Waals surface area contributed by atoms with Gasteiger partial charge in [0.25, 0.3) is 0 Å².